The third-order valence-corrected chi connectivity index (χ3v) is 3.22. The lowest BCUT2D eigenvalue weighted by Crippen LogP contribution is -2.44. The molecule has 0 fully saturated rings. The summed E-state index contributed by atoms with van der Waals surface area (Å²) in [6, 6.07) is 9.71. The van der Waals surface area contributed by atoms with Crippen molar-refractivity contribution in [2.75, 3.05) is 13.2 Å². The number of benzene rings is 1. The highest BCUT2D eigenvalue weighted by Gasteiger charge is 2.30. The Morgan fingerprint density at radius 2 is 1.72 bits per heavy atom. The lowest BCUT2D eigenvalue weighted by molar-refractivity contribution is -0.126. The summed E-state index contributed by atoms with van der Waals surface area (Å²) in [5.74, 6) is -0.0183. The van der Waals surface area contributed by atoms with Crippen molar-refractivity contribution in [1.82, 2.24) is 5.32 Å². The Hall–Kier alpha value is -1.35. The van der Waals surface area contributed by atoms with Crippen LogP contribution in [0.3, 0.4) is 0 Å². The zero-order valence-corrected chi connectivity index (χ0v) is 11.7. The Balaban J connectivity index is 2.72. The van der Waals surface area contributed by atoms with E-state index in [9.17, 15) is 9.90 Å². The second-order valence-corrected chi connectivity index (χ2v) is 6.00. The zero-order valence-electron chi connectivity index (χ0n) is 11.7. The molecule has 0 atom stereocenters. The Morgan fingerprint density at radius 1 is 1.17 bits per heavy atom. The van der Waals surface area contributed by atoms with Crippen molar-refractivity contribution < 1.29 is 9.90 Å². The van der Waals surface area contributed by atoms with Crippen LogP contribution in [0, 0.1) is 5.41 Å². The molecule has 0 aliphatic rings. The van der Waals surface area contributed by atoms with Gasteiger partial charge in [-0.25, -0.2) is 0 Å². The number of rotatable bonds is 5. The average molecular weight is 249 g/mol. The third kappa shape index (κ3) is 3.57. The number of amides is 1. The molecule has 0 aliphatic carbocycles. The molecule has 0 spiro atoms. The number of aliphatic hydroxyl groups excluding tert-OH is 1. The van der Waals surface area contributed by atoms with Gasteiger partial charge in [0, 0.05) is 18.6 Å². The van der Waals surface area contributed by atoms with E-state index in [1.807, 2.05) is 58.0 Å². The van der Waals surface area contributed by atoms with Crippen molar-refractivity contribution in [3.63, 3.8) is 0 Å². The third-order valence-electron chi connectivity index (χ3n) is 3.22. The largest absolute Gasteiger partial charge is 0.396 e. The lowest BCUT2D eigenvalue weighted by atomic mass is 9.83. The van der Waals surface area contributed by atoms with Crippen molar-refractivity contribution >= 4 is 5.91 Å². The van der Waals surface area contributed by atoms with Crippen LogP contribution in [0.4, 0.5) is 0 Å². The first-order valence-corrected chi connectivity index (χ1v) is 6.24. The number of hydrogen-bond donors (Lipinski definition) is 2. The molecule has 1 amide bonds. The molecular formula is C15H23NO2. The first kappa shape index (κ1) is 14.7. The van der Waals surface area contributed by atoms with Gasteiger partial charge < -0.3 is 10.4 Å². The van der Waals surface area contributed by atoms with Crippen LogP contribution in [0.25, 0.3) is 0 Å². The van der Waals surface area contributed by atoms with E-state index >= 15 is 0 Å². The standard InChI is InChI=1S/C15H23NO2/c1-14(2,11-17)10-16-13(18)15(3,4)12-8-6-5-7-9-12/h5-9,17H,10-11H2,1-4H3,(H,16,18). The summed E-state index contributed by atoms with van der Waals surface area (Å²) in [4.78, 5) is 12.2. The molecule has 1 rings (SSSR count). The summed E-state index contributed by atoms with van der Waals surface area (Å²) in [6.45, 7) is 8.18. The maximum atomic E-state index is 12.2. The Labute approximate surface area is 109 Å². The molecule has 0 saturated heterocycles. The first-order chi connectivity index (χ1) is 8.29. The van der Waals surface area contributed by atoms with Gasteiger partial charge in [0.2, 0.25) is 5.91 Å². The first-order valence-electron chi connectivity index (χ1n) is 6.24. The fraction of sp³-hybridized carbons (Fsp3) is 0.533. The average Bonchev–Trinajstić information content (AvgIpc) is 2.37. The minimum atomic E-state index is -0.563. The summed E-state index contributed by atoms with van der Waals surface area (Å²) >= 11 is 0. The molecule has 0 saturated carbocycles. The molecule has 0 heterocycles. The summed E-state index contributed by atoms with van der Waals surface area (Å²) in [7, 11) is 0. The van der Waals surface area contributed by atoms with Crippen LogP contribution in [0.1, 0.15) is 33.3 Å². The second kappa shape index (κ2) is 5.53. The molecule has 0 unspecified atom stereocenters. The molecule has 100 valence electrons. The van der Waals surface area contributed by atoms with E-state index in [2.05, 4.69) is 5.32 Å². The molecule has 0 aromatic heterocycles. The summed E-state index contributed by atoms with van der Waals surface area (Å²) in [5, 5.41) is 12.1. The minimum absolute atomic E-state index is 0.0183. The molecule has 1 aromatic carbocycles. The van der Waals surface area contributed by atoms with Crippen molar-refractivity contribution in [2.45, 2.75) is 33.1 Å². The SMILES string of the molecule is CC(C)(CO)CNC(=O)C(C)(C)c1ccccc1. The van der Waals surface area contributed by atoms with Crippen molar-refractivity contribution in [1.29, 1.82) is 0 Å². The van der Waals surface area contributed by atoms with Crippen LogP contribution in [-0.2, 0) is 10.2 Å². The van der Waals surface area contributed by atoms with E-state index in [0.29, 0.717) is 6.54 Å². The molecular weight excluding hydrogens is 226 g/mol. The molecule has 0 aliphatic heterocycles. The van der Waals surface area contributed by atoms with E-state index < -0.39 is 5.41 Å². The van der Waals surface area contributed by atoms with Crippen molar-refractivity contribution in [3.8, 4) is 0 Å². The maximum Gasteiger partial charge on any atom is 0.230 e. The van der Waals surface area contributed by atoms with Gasteiger partial charge in [-0.3, -0.25) is 4.79 Å². The molecule has 1 aromatic rings. The van der Waals surface area contributed by atoms with Gasteiger partial charge in [0.25, 0.3) is 0 Å². The fourth-order valence-electron chi connectivity index (χ4n) is 1.58. The predicted octanol–water partition coefficient (Wildman–Crippen LogP) is 2.10. The lowest BCUT2D eigenvalue weighted by Gasteiger charge is -2.28. The zero-order chi connectivity index (χ0) is 13.8. The van der Waals surface area contributed by atoms with E-state index in [-0.39, 0.29) is 17.9 Å². The normalized spacial score (nSPS) is 12.3. The number of hydrogen-bond acceptors (Lipinski definition) is 2. The van der Waals surface area contributed by atoms with E-state index in [1.54, 1.807) is 0 Å². The van der Waals surface area contributed by atoms with Gasteiger partial charge in [0.15, 0.2) is 0 Å². The van der Waals surface area contributed by atoms with Gasteiger partial charge in [0.1, 0.15) is 0 Å². The monoisotopic (exact) mass is 249 g/mol. The van der Waals surface area contributed by atoms with Gasteiger partial charge >= 0.3 is 0 Å². The second-order valence-electron chi connectivity index (χ2n) is 6.00. The highest BCUT2D eigenvalue weighted by Crippen LogP contribution is 2.23. The van der Waals surface area contributed by atoms with Gasteiger partial charge in [-0.1, -0.05) is 44.2 Å². The minimum Gasteiger partial charge on any atom is -0.396 e. The summed E-state index contributed by atoms with van der Waals surface area (Å²) < 4.78 is 0. The molecule has 3 heteroatoms. The Kier molecular flexibility index (Phi) is 4.52. The van der Waals surface area contributed by atoms with E-state index in [1.165, 1.54) is 0 Å². The fourth-order valence-corrected chi connectivity index (χ4v) is 1.58. The summed E-state index contributed by atoms with van der Waals surface area (Å²) in [6.07, 6.45) is 0. The molecule has 3 nitrogen and oxygen atoms in total. The Bertz CT molecular complexity index is 396. The van der Waals surface area contributed by atoms with Crippen LogP contribution in [-0.4, -0.2) is 24.2 Å². The molecule has 0 bridgehead atoms. The summed E-state index contributed by atoms with van der Waals surface area (Å²) in [5.41, 5.74) is 0.138. The topological polar surface area (TPSA) is 49.3 Å². The van der Waals surface area contributed by atoms with Gasteiger partial charge in [-0.15, -0.1) is 0 Å². The molecule has 18 heavy (non-hydrogen) atoms. The predicted molar refractivity (Wildman–Crippen MR) is 73.3 cm³/mol. The van der Waals surface area contributed by atoms with Crippen LogP contribution in [0.5, 0.6) is 0 Å². The Morgan fingerprint density at radius 3 is 2.22 bits per heavy atom. The van der Waals surface area contributed by atoms with E-state index in [4.69, 9.17) is 0 Å². The number of carbonyl (C=O) groups excluding carboxylic acids is 1. The maximum absolute atomic E-state index is 12.2. The van der Waals surface area contributed by atoms with Crippen LogP contribution >= 0.6 is 0 Å². The van der Waals surface area contributed by atoms with Crippen LogP contribution in [0.2, 0.25) is 0 Å². The number of nitrogens with one attached hydrogen (secondary N) is 1. The van der Waals surface area contributed by atoms with E-state index in [0.717, 1.165) is 5.56 Å². The highest BCUT2D eigenvalue weighted by atomic mass is 16.3. The quantitative estimate of drug-likeness (QED) is 0.839. The van der Waals surface area contributed by atoms with Gasteiger partial charge in [0.05, 0.1) is 5.41 Å². The van der Waals surface area contributed by atoms with Crippen molar-refractivity contribution in [2.24, 2.45) is 5.41 Å². The highest BCUT2D eigenvalue weighted by molar-refractivity contribution is 5.87. The van der Waals surface area contributed by atoms with Crippen LogP contribution < -0.4 is 5.32 Å². The van der Waals surface area contributed by atoms with Gasteiger partial charge in [-0.05, 0) is 19.4 Å². The molecule has 2 N–H and O–H groups in total. The number of aliphatic hydroxyl groups is 1. The smallest absolute Gasteiger partial charge is 0.230 e. The number of carbonyl (C=O) groups is 1. The van der Waals surface area contributed by atoms with Gasteiger partial charge in [-0.2, -0.15) is 0 Å². The van der Waals surface area contributed by atoms with Crippen LogP contribution in [0.15, 0.2) is 30.3 Å². The van der Waals surface area contributed by atoms with Crippen molar-refractivity contribution in [3.05, 3.63) is 35.9 Å². The molecule has 0 radical (unpaired) electrons.